The van der Waals surface area contributed by atoms with Crippen LogP contribution in [-0.4, -0.2) is 6.61 Å². The molecule has 0 radical (unpaired) electrons. The molecule has 0 atom stereocenters. The molecule has 98 valence electrons. The van der Waals surface area contributed by atoms with E-state index in [2.05, 4.69) is 47.9 Å². The molecule has 0 saturated carbocycles. The second-order valence-electron chi connectivity index (χ2n) is 4.17. The van der Waals surface area contributed by atoms with Crippen LogP contribution in [0.4, 0.5) is 0 Å². The van der Waals surface area contributed by atoms with E-state index >= 15 is 0 Å². The van der Waals surface area contributed by atoms with Gasteiger partial charge in [-0.2, -0.15) is 0 Å². The van der Waals surface area contributed by atoms with Crippen molar-refractivity contribution in [2.75, 3.05) is 6.61 Å². The number of benzene rings is 2. The van der Waals surface area contributed by atoms with Gasteiger partial charge in [0.15, 0.2) is 0 Å². The summed E-state index contributed by atoms with van der Waals surface area (Å²) in [6, 6.07) is 20.7. The van der Waals surface area contributed by atoms with E-state index in [4.69, 9.17) is 4.74 Å². The molecule has 0 heterocycles. The summed E-state index contributed by atoms with van der Waals surface area (Å²) < 4.78 is 5.57. The minimum Gasteiger partial charge on any atom is -0.373 e. The summed E-state index contributed by atoms with van der Waals surface area (Å²) in [4.78, 5) is 0. The number of thioether (sulfide) groups is 1. The molecule has 0 aliphatic rings. The van der Waals surface area contributed by atoms with Gasteiger partial charge in [0.05, 0.1) is 13.2 Å². The van der Waals surface area contributed by atoms with E-state index in [-0.39, 0.29) is 0 Å². The molecule has 19 heavy (non-hydrogen) atoms. The fourth-order valence-corrected chi connectivity index (χ4v) is 2.34. The Kier molecular flexibility index (Phi) is 6.27. The summed E-state index contributed by atoms with van der Waals surface area (Å²) in [7, 11) is 0. The van der Waals surface area contributed by atoms with Gasteiger partial charge in [-0.25, -0.2) is 0 Å². The summed E-state index contributed by atoms with van der Waals surface area (Å²) in [5.74, 6) is 1.01. The minimum atomic E-state index is 0.663. The number of hydrogen-bond donors (Lipinski definition) is 0. The molecule has 0 unspecified atom stereocenters. The van der Waals surface area contributed by atoms with Crippen molar-refractivity contribution in [1.29, 1.82) is 0 Å². The third kappa shape index (κ3) is 5.77. The summed E-state index contributed by atoms with van der Waals surface area (Å²) >= 11 is 1.79. The van der Waals surface area contributed by atoms with E-state index in [0.717, 1.165) is 5.75 Å². The molecule has 2 heteroatoms. The van der Waals surface area contributed by atoms with Crippen molar-refractivity contribution in [1.82, 2.24) is 0 Å². The van der Waals surface area contributed by atoms with E-state index in [0.29, 0.717) is 13.2 Å². The normalized spacial score (nSPS) is 10.9. The SMILES string of the molecule is C(=C/SCc1ccccc1)/COCc1ccccc1. The monoisotopic (exact) mass is 270 g/mol. The lowest BCUT2D eigenvalue weighted by atomic mass is 10.2. The van der Waals surface area contributed by atoms with Crippen molar-refractivity contribution in [3.63, 3.8) is 0 Å². The minimum absolute atomic E-state index is 0.663. The number of rotatable bonds is 7. The maximum atomic E-state index is 5.57. The third-order valence-corrected chi connectivity index (χ3v) is 3.50. The average Bonchev–Trinajstić information content (AvgIpc) is 2.48. The maximum absolute atomic E-state index is 5.57. The van der Waals surface area contributed by atoms with Crippen LogP contribution in [0.5, 0.6) is 0 Å². The second kappa shape index (κ2) is 8.57. The van der Waals surface area contributed by atoms with Crippen molar-refractivity contribution < 1.29 is 4.74 Å². The largest absolute Gasteiger partial charge is 0.373 e. The molecule has 0 fully saturated rings. The van der Waals surface area contributed by atoms with Crippen LogP contribution in [0.15, 0.2) is 72.1 Å². The first-order chi connectivity index (χ1) is 9.45. The van der Waals surface area contributed by atoms with Gasteiger partial charge in [0.25, 0.3) is 0 Å². The van der Waals surface area contributed by atoms with Crippen LogP contribution in [0.3, 0.4) is 0 Å². The summed E-state index contributed by atoms with van der Waals surface area (Å²) in [6.07, 6.45) is 2.07. The molecule has 0 saturated heterocycles. The Morgan fingerprint density at radius 1 is 0.842 bits per heavy atom. The first kappa shape index (κ1) is 13.9. The summed E-state index contributed by atoms with van der Waals surface area (Å²) in [5, 5.41) is 2.11. The average molecular weight is 270 g/mol. The molecular formula is C17H18OS. The molecule has 0 amide bonds. The van der Waals surface area contributed by atoms with Gasteiger partial charge in [0.2, 0.25) is 0 Å². The van der Waals surface area contributed by atoms with Crippen molar-refractivity contribution in [3.8, 4) is 0 Å². The fraction of sp³-hybridized carbons (Fsp3) is 0.176. The van der Waals surface area contributed by atoms with Crippen LogP contribution < -0.4 is 0 Å². The highest BCUT2D eigenvalue weighted by Gasteiger charge is 1.90. The Morgan fingerprint density at radius 2 is 1.47 bits per heavy atom. The van der Waals surface area contributed by atoms with Gasteiger partial charge >= 0.3 is 0 Å². The molecule has 0 aromatic heterocycles. The molecule has 1 nitrogen and oxygen atoms in total. The zero-order valence-corrected chi connectivity index (χ0v) is 11.7. The topological polar surface area (TPSA) is 9.23 Å². The number of hydrogen-bond acceptors (Lipinski definition) is 2. The zero-order chi connectivity index (χ0) is 13.2. The lowest BCUT2D eigenvalue weighted by Crippen LogP contribution is -1.91. The molecule has 0 spiro atoms. The van der Waals surface area contributed by atoms with Gasteiger partial charge in [-0.05, 0) is 16.5 Å². The second-order valence-corrected chi connectivity index (χ2v) is 5.06. The molecule has 2 aromatic rings. The van der Waals surface area contributed by atoms with Crippen LogP contribution >= 0.6 is 11.8 Å². The van der Waals surface area contributed by atoms with Crippen molar-refractivity contribution in [3.05, 3.63) is 83.3 Å². The Morgan fingerprint density at radius 3 is 2.16 bits per heavy atom. The molecule has 0 bridgehead atoms. The van der Waals surface area contributed by atoms with E-state index in [1.165, 1.54) is 11.1 Å². The van der Waals surface area contributed by atoms with Crippen LogP contribution in [0, 0.1) is 0 Å². The van der Waals surface area contributed by atoms with E-state index < -0.39 is 0 Å². The molecule has 2 aromatic carbocycles. The Balaban J connectivity index is 1.57. The summed E-state index contributed by atoms with van der Waals surface area (Å²) in [5.41, 5.74) is 2.56. The smallest absolute Gasteiger partial charge is 0.0721 e. The van der Waals surface area contributed by atoms with Crippen molar-refractivity contribution >= 4 is 11.8 Å². The Hall–Kier alpha value is -1.51. The first-order valence-electron chi connectivity index (χ1n) is 6.37. The predicted molar refractivity (Wildman–Crippen MR) is 83.0 cm³/mol. The standard InChI is InChI=1S/C17H18OS/c1-3-8-16(9-4-1)14-18-12-7-13-19-15-17-10-5-2-6-11-17/h1-11,13H,12,14-15H2/b13-7-. The predicted octanol–water partition coefficient (Wildman–Crippen LogP) is 4.65. The quantitative estimate of drug-likeness (QED) is 0.677. The van der Waals surface area contributed by atoms with Crippen LogP contribution in [-0.2, 0) is 17.1 Å². The highest BCUT2D eigenvalue weighted by atomic mass is 32.2. The lowest BCUT2D eigenvalue weighted by Gasteiger charge is -2.00. The Bertz CT molecular complexity index is 479. The lowest BCUT2D eigenvalue weighted by molar-refractivity contribution is 0.149. The molecule has 2 rings (SSSR count). The summed E-state index contributed by atoms with van der Waals surface area (Å²) in [6.45, 7) is 1.34. The molecular weight excluding hydrogens is 252 g/mol. The highest BCUT2D eigenvalue weighted by molar-refractivity contribution is 8.01. The third-order valence-electron chi connectivity index (χ3n) is 2.61. The van der Waals surface area contributed by atoms with Crippen LogP contribution in [0.2, 0.25) is 0 Å². The van der Waals surface area contributed by atoms with Crippen LogP contribution in [0.1, 0.15) is 11.1 Å². The first-order valence-corrected chi connectivity index (χ1v) is 7.42. The van der Waals surface area contributed by atoms with Gasteiger partial charge in [0, 0.05) is 5.75 Å². The van der Waals surface area contributed by atoms with Gasteiger partial charge in [-0.15, -0.1) is 11.8 Å². The molecule has 0 aliphatic carbocycles. The highest BCUT2D eigenvalue weighted by Crippen LogP contribution is 2.12. The Labute approximate surface area is 119 Å². The van der Waals surface area contributed by atoms with Gasteiger partial charge in [0.1, 0.15) is 0 Å². The van der Waals surface area contributed by atoms with Gasteiger partial charge < -0.3 is 4.74 Å². The maximum Gasteiger partial charge on any atom is 0.0721 e. The van der Waals surface area contributed by atoms with E-state index in [1.807, 2.05) is 24.3 Å². The fourth-order valence-electron chi connectivity index (χ4n) is 1.64. The van der Waals surface area contributed by atoms with E-state index in [1.54, 1.807) is 11.8 Å². The van der Waals surface area contributed by atoms with Crippen molar-refractivity contribution in [2.24, 2.45) is 0 Å². The van der Waals surface area contributed by atoms with Gasteiger partial charge in [-0.3, -0.25) is 0 Å². The molecule has 0 N–H and O–H groups in total. The van der Waals surface area contributed by atoms with Gasteiger partial charge in [-0.1, -0.05) is 66.7 Å². The van der Waals surface area contributed by atoms with E-state index in [9.17, 15) is 0 Å². The zero-order valence-electron chi connectivity index (χ0n) is 10.9. The number of ether oxygens (including phenoxy) is 1. The van der Waals surface area contributed by atoms with Crippen molar-refractivity contribution in [2.45, 2.75) is 12.4 Å². The molecule has 0 aliphatic heterocycles. The van der Waals surface area contributed by atoms with Crippen LogP contribution in [0.25, 0.3) is 0 Å².